The van der Waals surface area contributed by atoms with Crippen LogP contribution in [0.15, 0.2) is 59.5 Å². The molecule has 2 fully saturated rings. The average molecular weight is 429 g/mol. The van der Waals surface area contributed by atoms with Crippen molar-refractivity contribution in [2.75, 3.05) is 33.3 Å². The second kappa shape index (κ2) is 8.78. The maximum absolute atomic E-state index is 13.0. The van der Waals surface area contributed by atoms with Crippen LogP contribution in [-0.4, -0.2) is 56.8 Å². The highest BCUT2D eigenvalue weighted by Crippen LogP contribution is 2.31. The molecule has 0 spiro atoms. The zero-order valence-corrected chi connectivity index (χ0v) is 18.1. The number of carbonyl (C=O) groups excluding carboxylic acids is 1. The minimum atomic E-state index is -3.48. The van der Waals surface area contributed by atoms with E-state index in [9.17, 15) is 13.2 Å². The van der Waals surface area contributed by atoms with Gasteiger partial charge < -0.3 is 9.64 Å². The summed E-state index contributed by atoms with van der Waals surface area (Å²) in [5.41, 5.74) is 1.23. The van der Waals surface area contributed by atoms with Crippen molar-refractivity contribution < 1.29 is 17.9 Å². The summed E-state index contributed by atoms with van der Waals surface area (Å²) in [5, 5.41) is 0. The first-order chi connectivity index (χ1) is 14.5. The van der Waals surface area contributed by atoms with Crippen molar-refractivity contribution in [1.29, 1.82) is 0 Å². The third kappa shape index (κ3) is 4.23. The molecule has 4 rings (SSSR count). The molecule has 6 nitrogen and oxygen atoms in total. The van der Waals surface area contributed by atoms with Gasteiger partial charge in [-0.05, 0) is 49.1 Å². The summed E-state index contributed by atoms with van der Waals surface area (Å²) in [6.45, 7) is 2.28. The highest BCUT2D eigenvalue weighted by Gasteiger charge is 2.36. The number of piperidine rings is 1. The molecule has 0 aliphatic carbocycles. The van der Waals surface area contributed by atoms with E-state index in [1.54, 1.807) is 37.4 Å². The first-order valence-corrected chi connectivity index (χ1v) is 11.9. The van der Waals surface area contributed by atoms with Crippen LogP contribution < -0.4 is 4.74 Å². The predicted octanol–water partition coefficient (Wildman–Crippen LogP) is 3.11. The third-order valence-electron chi connectivity index (χ3n) is 6.27. The fraction of sp³-hybridized carbons (Fsp3) is 0.435. The molecule has 160 valence electrons. The van der Waals surface area contributed by atoms with Gasteiger partial charge in [0.1, 0.15) is 5.75 Å². The Morgan fingerprint density at radius 3 is 2.23 bits per heavy atom. The second-order valence-corrected chi connectivity index (χ2v) is 9.97. The topological polar surface area (TPSA) is 66.9 Å². The highest BCUT2D eigenvalue weighted by molar-refractivity contribution is 7.89. The summed E-state index contributed by atoms with van der Waals surface area (Å²) in [5.74, 6) is 1.25. The van der Waals surface area contributed by atoms with E-state index in [2.05, 4.69) is 12.1 Å². The van der Waals surface area contributed by atoms with Crippen LogP contribution in [0.5, 0.6) is 5.75 Å². The Morgan fingerprint density at radius 2 is 1.60 bits per heavy atom. The van der Waals surface area contributed by atoms with Crippen molar-refractivity contribution in [3.8, 4) is 5.75 Å². The molecule has 1 atom stereocenters. The maximum Gasteiger partial charge on any atom is 0.243 e. The number of methoxy groups -OCH3 is 1. The number of rotatable bonds is 5. The van der Waals surface area contributed by atoms with E-state index >= 15 is 0 Å². The summed E-state index contributed by atoms with van der Waals surface area (Å²) in [7, 11) is -1.83. The van der Waals surface area contributed by atoms with E-state index in [1.165, 1.54) is 9.87 Å². The molecule has 1 amide bonds. The van der Waals surface area contributed by atoms with Crippen molar-refractivity contribution >= 4 is 15.9 Å². The van der Waals surface area contributed by atoms with E-state index in [0.29, 0.717) is 36.7 Å². The monoisotopic (exact) mass is 428 g/mol. The average Bonchev–Trinajstić information content (AvgIpc) is 3.29. The van der Waals surface area contributed by atoms with Crippen LogP contribution in [0, 0.1) is 5.92 Å². The summed E-state index contributed by atoms with van der Waals surface area (Å²) in [6.07, 6.45) is 2.11. The van der Waals surface area contributed by atoms with Crippen molar-refractivity contribution in [3.05, 3.63) is 60.2 Å². The highest BCUT2D eigenvalue weighted by atomic mass is 32.2. The van der Waals surface area contributed by atoms with E-state index in [0.717, 1.165) is 25.3 Å². The standard InChI is InChI=1S/C23H28N2O4S/c1-29-21-9-7-18(8-10-21)20-11-14-24(17-20)23(26)19-12-15-25(16-13-19)30(27,28)22-5-3-2-4-6-22/h2-10,19-20H,11-17H2,1H3. The van der Waals surface area contributed by atoms with E-state index in [-0.39, 0.29) is 11.8 Å². The molecule has 30 heavy (non-hydrogen) atoms. The number of sulfonamides is 1. The first kappa shape index (κ1) is 20.9. The van der Waals surface area contributed by atoms with Crippen LogP contribution in [0.2, 0.25) is 0 Å². The van der Waals surface area contributed by atoms with Gasteiger partial charge in [0.15, 0.2) is 0 Å². The molecule has 0 bridgehead atoms. The number of nitrogens with zero attached hydrogens (tertiary/aromatic N) is 2. The van der Waals surface area contributed by atoms with Crippen molar-refractivity contribution in [2.24, 2.45) is 5.92 Å². The predicted molar refractivity (Wildman–Crippen MR) is 115 cm³/mol. The number of carbonyl (C=O) groups is 1. The Hall–Kier alpha value is -2.38. The Kier molecular flexibility index (Phi) is 6.11. The molecule has 2 aliphatic rings. The van der Waals surface area contributed by atoms with Gasteiger partial charge in [0.05, 0.1) is 12.0 Å². The number of amides is 1. The van der Waals surface area contributed by atoms with Gasteiger partial charge in [0.2, 0.25) is 15.9 Å². The lowest BCUT2D eigenvalue weighted by molar-refractivity contribution is -0.135. The number of hydrogen-bond donors (Lipinski definition) is 0. The lowest BCUT2D eigenvalue weighted by Crippen LogP contribution is -2.43. The maximum atomic E-state index is 13.0. The molecule has 2 aromatic carbocycles. The van der Waals surface area contributed by atoms with E-state index in [1.807, 2.05) is 17.0 Å². The van der Waals surface area contributed by atoms with Gasteiger partial charge in [-0.15, -0.1) is 0 Å². The SMILES string of the molecule is COc1ccc(C2CCN(C(=O)C3CCN(S(=O)(=O)c4ccccc4)CC3)C2)cc1. The molecular formula is C23H28N2O4S. The number of benzene rings is 2. The van der Waals surface area contributed by atoms with Crippen LogP contribution in [0.3, 0.4) is 0 Å². The fourth-order valence-corrected chi connectivity index (χ4v) is 5.94. The fourth-order valence-electron chi connectivity index (χ4n) is 4.45. The van der Waals surface area contributed by atoms with Gasteiger partial charge in [-0.3, -0.25) is 4.79 Å². The molecule has 2 heterocycles. The minimum absolute atomic E-state index is 0.0955. The molecule has 2 aliphatic heterocycles. The van der Waals surface area contributed by atoms with Gasteiger partial charge in [0.25, 0.3) is 0 Å². The van der Waals surface area contributed by atoms with Crippen LogP contribution in [0.1, 0.15) is 30.7 Å². The molecular weight excluding hydrogens is 400 g/mol. The molecule has 2 saturated heterocycles. The number of hydrogen-bond acceptors (Lipinski definition) is 4. The van der Waals surface area contributed by atoms with E-state index in [4.69, 9.17) is 4.74 Å². The van der Waals surface area contributed by atoms with Crippen molar-refractivity contribution in [1.82, 2.24) is 9.21 Å². The minimum Gasteiger partial charge on any atom is -0.497 e. The lowest BCUT2D eigenvalue weighted by Gasteiger charge is -2.32. The number of ether oxygens (including phenoxy) is 1. The van der Waals surface area contributed by atoms with Crippen LogP contribution in [0.25, 0.3) is 0 Å². The molecule has 0 aromatic heterocycles. The Balaban J connectivity index is 1.33. The molecule has 1 unspecified atom stereocenters. The second-order valence-electron chi connectivity index (χ2n) is 8.03. The summed E-state index contributed by atoms with van der Waals surface area (Å²) < 4.78 is 32.3. The zero-order chi connectivity index (χ0) is 21.1. The molecule has 0 radical (unpaired) electrons. The largest absolute Gasteiger partial charge is 0.497 e. The quantitative estimate of drug-likeness (QED) is 0.734. The van der Waals surface area contributed by atoms with Crippen LogP contribution in [0.4, 0.5) is 0 Å². The van der Waals surface area contributed by atoms with Crippen molar-refractivity contribution in [3.63, 3.8) is 0 Å². The summed E-state index contributed by atoms with van der Waals surface area (Å²) in [4.78, 5) is 15.3. The summed E-state index contributed by atoms with van der Waals surface area (Å²) >= 11 is 0. The van der Waals surface area contributed by atoms with Crippen molar-refractivity contribution in [2.45, 2.75) is 30.1 Å². The molecule has 0 N–H and O–H groups in total. The van der Waals surface area contributed by atoms with Gasteiger partial charge in [0, 0.05) is 38.0 Å². The van der Waals surface area contributed by atoms with Crippen LogP contribution >= 0.6 is 0 Å². The zero-order valence-electron chi connectivity index (χ0n) is 17.2. The van der Waals surface area contributed by atoms with Crippen LogP contribution in [-0.2, 0) is 14.8 Å². The van der Waals surface area contributed by atoms with E-state index < -0.39 is 10.0 Å². The molecule has 0 saturated carbocycles. The normalized spacial score (nSPS) is 21.0. The van der Waals surface area contributed by atoms with Gasteiger partial charge >= 0.3 is 0 Å². The number of likely N-dealkylation sites (tertiary alicyclic amines) is 1. The van der Waals surface area contributed by atoms with Gasteiger partial charge in [-0.1, -0.05) is 30.3 Å². The Morgan fingerprint density at radius 1 is 0.933 bits per heavy atom. The first-order valence-electron chi connectivity index (χ1n) is 10.5. The Bertz CT molecular complexity index is 968. The third-order valence-corrected chi connectivity index (χ3v) is 8.18. The van der Waals surface area contributed by atoms with Gasteiger partial charge in [-0.2, -0.15) is 4.31 Å². The smallest absolute Gasteiger partial charge is 0.243 e. The Labute approximate surface area is 178 Å². The summed E-state index contributed by atoms with van der Waals surface area (Å²) in [6, 6.07) is 16.6. The molecule has 2 aromatic rings. The molecule has 7 heteroatoms. The van der Waals surface area contributed by atoms with Gasteiger partial charge in [-0.25, -0.2) is 8.42 Å². The lowest BCUT2D eigenvalue weighted by atomic mass is 9.96.